The Morgan fingerprint density at radius 2 is 1.96 bits per heavy atom. The number of benzene rings is 1. The van der Waals surface area contributed by atoms with Crippen molar-refractivity contribution in [1.82, 2.24) is 14.7 Å². The normalized spacial score (nSPS) is 18.6. The maximum absolute atomic E-state index is 12.3. The SMILES string of the molecule is Cc1ccc(SCCN(C)C(=O)CN2CCC(N(C)C)C2)cc1. The predicted molar refractivity (Wildman–Crippen MR) is 98.1 cm³/mol. The zero-order chi connectivity index (χ0) is 16.8. The van der Waals surface area contributed by atoms with E-state index in [1.807, 2.05) is 23.7 Å². The lowest BCUT2D eigenvalue weighted by Crippen LogP contribution is -2.39. The summed E-state index contributed by atoms with van der Waals surface area (Å²) in [5.74, 6) is 1.17. The number of thioether (sulfide) groups is 1. The zero-order valence-electron chi connectivity index (χ0n) is 14.8. The summed E-state index contributed by atoms with van der Waals surface area (Å²) >= 11 is 1.81. The lowest BCUT2D eigenvalue weighted by molar-refractivity contribution is -0.130. The summed E-state index contributed by atoms with van der Waals surface area (Å²) in [5, 5.41) is 0. The van der Waals surface area contributed by atoms with Crippen LogP contribution in [0.4, 0.5) is 0 Å². The van der Waals surface area contributed by atoms with Crippen molar-refractivity contribution >= 4 is 17.7 Å². The van der Waals surface area contributed by atoms with Gasteiger partial charge in [0.05, 0.1) is 6.54 Å². The molecule has 0 bridgehead atoms. The predicted octanol–water partition coefficient (Wildman–Crippen LogP) is 2.18. The number of aryl methyl sites for hydroxylation is 1. The third kappa shape index (κ3) is 5.83. The van der Waals surface area contributed by atoms with Gasteiger partial charge in [0.2, 0.25) is 5.91 Å². The van der Waals surface area contributed by atoms with Gasteiger partial charge in [-0.2, -0.15) is 0 Å². The highest BCUT2D eigenvalue weighted by atomic mass is 32.2. The summed E-state index contributed by atoms with van der Waals surface area (Å²) in [7, 11) is 6.15. The molecule has 1 fully saturated rings. The molecule has 0 aromatic heterocycles. The van der Waals surface area contributed by atoms with Crippen molar-refractivity contribution in [3.63, 3.8) is 0 Å². The molecule has 23 heavy (non-hydrogen) atoms. The molecule has 0 aliphatic carbocycles. The minimum absolute atomic E-state index is 0.230. The minimum Gasteiger partial charge on any atom is -0.344 e. The summed E-state index contributed by atoms with van der Waals surface area (Å²) in [4.78, 5) is 20.0. The molecular weight excluding hydrogens is 306 g/mol. The number of rotatable bonds is 7. The van der Waals surface area contributed by atoms with Crippen LogP contribution in [0.3, 0.4) is 0 Å². The second-order valence-electron chi connectivity index (χ2n) is 6.62. The first-order chi connectivity index (χ1) is 11.0. The quantitative estimate of drug-likeness (QED) is 0.714. The first-order valence-corrected chi connectivity index (χ1v) is 9.26. The molecule has 1 aromatic rings. The molecule has 2 rings (SSSR count). The van der Waals surface area contributed by atoms with E-state index >= 15 is 0 Å². The van der Waals surface area contributed by atoms with E-state index in [0.29, 0.717) is 12.6 Å². The lowest BCUT2D eigenvalue weighted by Gasteiger charge is -2.23. The molecule has 1 unspecified atom stereocenters. The number of nitrogens with zero attached hydrogens (tertiary/aromatic N) is 3. The first-order valence-electron chi connectivity index (χ1n) is 8.28. The molecule has 1 atom stereocenters. The Bertz CT molecular complexity index is 503. The second-order valence-corrected chi connectivity index (χ2v) is 7.79. The minimum atomic E-state index is 0.230. The number of carbonyl (C=O) groups excluding carboxylic acids is 1. The average molecular weight is 336 g/mol. The van der Waals surface area contributed by atoms with E-state index < -0.39 is 0 Å². The van der Waals surface area contributed by atoms with Crippen LogP contribution in [-0.2, 0) is 4.79 Å². The third-order valence-corrected chi connectivity index (χ3v) is 5.47. The van der Waals surface area contributed by atoms with Gasteiger partial charge in [-0.05, 0) is 39.6 Å². The molecular formula is C18H29N3OS. The Morgan fingerprint density at radius 3 is 2.57 bits per heavy atom. The Labute approximate surface area is 144 Å². The molecule has 5 heteroatoms. The van der Waals surface area contributed by atoms with Crippen LogP contribution in [0.5, 0.6) is 0 Å². The van der Waals surface area contributed by atoms with Gasteiger partial charge in [-0.15, -0.1) is 11.8 Å². The Balaban J connectivity index is 1.68. The van der Waals surface area contributed by atoms with Crippen LogP contribution in [-0.4, -0.2) is 79.7 Å². The van der Waals surface area contributed by atoms with Crippen LogP contribution >= 0.6 is 11.8 Å². The number of hydrogen-bond donors (Lipinski definition) is 0. The molecule has 0 spiro atoms. The number of hydrogen-bond acceptors (Lipinski definition) is 4. The third-order valence-electron chi connectivity index (χ3n) is 4.48. The van der Waals surface area contributed by atoms with Gasteiger partial charge < -0.3 is 9.80 Å². The van der Waals surface area contributed by atoms with Gasteiger partial charge in [-0.1, -0.05) is 17.7 Å². The van der Waals surface area contributed by atoms with Crippen LogP contribution in [0.15, 0.2) is 29.2 Å². The number of carbonyl (C=O) groups is 1. The molecule has 0 N–H and O–H groups in total. The smallest absolute Gasteiger partial charge is 0.236 e. The standard InChI is InChI=1S/C18H29N3OS/c1-15-5-7-17(8-6-15)23-12-11-20(4)18(22)14-21-10-9-16(13-21)19(2)3/h5-8,16H,9-14H2,1-4H3. The second kappa shape index (κ2) is 8.71. The van der Waals surface area contributed by atoms with Gasteiger partial charge in [-0.25, -0.2) is 0 Å². The Kier molecular flexibility index (Phi) is 6.93. The Morgan fingerprint density at radius 1 is 1.26 bits per heavy atom. The van der Waals surface area contributed by atoms with Gasteiger partial charge in [0.15, 0.2) is 0 Å². The van der Waals surface area contributed by atoms with Crippen molar-refractivity contribution < 1.29 is 4.79 Å². The fraction of sp³-hybridized carbons (Fsp3) is 0.611. The molecule has 1 aromatic carbocycles. The molecule has 1 aliphatic rings. The topological polar surface area (TPSA) is 26.8 Å². The van der Waals surface area contributed by atoms with Crippen molar-refractivity contribution in [2.24, 2.45) is 0 Å². The zero-order valence-corrected chi connectivity index (χ0v) is 15.6. The summed E-state index contributed by atoms with van der Waals surface area (Å²) in [6.45, 7) is 5.48. The van der Waals surface area contributed by atoms with Crippen LogP contribution in [0.2, 0.25) is 0 Å². The van der Waals surface area contributed by atoms with Gasteiger partial charge >= 0.3 is 0 Å². The fourth-order valence-electron chi connectivity index (χ4n) is 2.75. The van der Waals surface area contributed by atoms with Crippen LogP contribution in [0.25, 0.3) is 0 Å². The van der Waals surface area contributed by atoms with Gasteiger partial charge in [0.25, 0.3) is 0 Å². The number of likely N-dealkylation sites (N-methyl/N-ethyl adjacent to an activating group) is 2. The average Bonchev–Trinajstić information content (AvgIpc) is 2.98. The van der Waals surface area contributed by atoms with Crippen LogP contribution < -0.4 is 0 Å². The summed E-state index contributed by atoms with van der Waals surface area (Å²) in [6, 6.07) is 9.14. The van der Waals surface area contributed by atoms with E-state index in [2.05, 4.69) is 55.1 Å². The molecule has 128 valence electrons. The molecule has 0 radical (unpaired) electrons. The van der Waals surface area contributed by atoms with E-state index in [1.54, 1.807) is 0 Å². The highest BCUT2D eigenvalue weighted by Crippen LogP contribution is 2.18. The van der Waals surface area contributed by atoms with E-state index in [9.17, 15) is 4.79 Å². The highest BCUT2D eigenvalue weighted by molar-refractivity contribution is 7.99. The first kappa shape index (κ1) is 18.3. The van der Waals surface area contributed by atoms with E-state index in [-0.39, 0.29) is 5.91 Å². The van der Waals surface area contributed by atoms with Crippen molar-refractivity contribution in [2.45, 2.75) is 24.3 Å². The van der Waals surface area contributed by atoms with Crippen molar-refractivity contribution in [1.29, 1.82) is 0 Å². The molecule has 1 heterocycles. The highest BCUT2D eigenvalue weighted by Gasteiger charge is 2.25. The van der Waals surface area contributed by atoms with Crippen LogP contribution in [0.1, 0.15) is 12.0 Å². The largest absolute Gasteiger partial charge is 0.344 e. The van der Waals surface area contributed by atoms with E-state index in [1.165, 1.54) is 10.5 Å². The molecule has 0 saturated carbocycles. The Hall–Kier alpha value is -1.04. The van der Waals surface area contributed by atoms with Gasteiger partial charge in [0.1, 0.15) is 0 Å². The van der Waals surface area contributed by atoms with E-state index in [0.717, 1.165) is 31.8 Å². The molecule has 1 amide bonds. The molecule has 4 nitrogen and oxygen atoms in total. The van der Waals surface area contributed by atoms with Crippen molar-refractivity contribution in [3.8, 4) is 0 Å². The summed E-state index contributed by atoms with van der Waals surface area (Å²) in [5.41, 5.74) is 1.28. The summed E-state index contributed by atoms with van der Waals surface area (Å²) < 4.78 is 0. The maximum atomic E-state index is 12.3. The molecule has 1 aliphatic heterocycles. The van der Waals surface area contributed by atoms with E-state index in [4.69, 9.17) is 0 Å². The molecule has 1 saturated heterocycles. The maximum Gasteiger partial charge on any atom is 0.236 e. The number of amides is 1. The van der Waals surface area contributed by atoms with Crippen molar-refractivity contribution in [3.05, 3.63) is 29.8 Å². The van der Waals surface area contributed by atoms with Crippen molar-refractivity contribution in [2.75, 3.05) is 53.1 Å². The van der Waals surface area contributed by atoms with Gasteiger partial charge in [-0.3, -0.25) is 9.69 Å². The monoisotopic (exact) mass is 335 g/mol. The fourth-order valence-corrected chi connectivity index (χ4v) is 3.68. The summed E-state index contributed by atoms with van der Waals surface area (Å²) in [6.07, 6.45) is 1.16. The number of likely N-dealkylation sites (tertiary alicyclic amines) is 1. The van der Waals surface area contributed by atoms with Crippen LogP contribution in [0, 0.1) is 6.92 Å². The lowest BCUT2D eigenvalue weighted by atomic mass is 10.2. The van der Waals surface area contributed by atoms with Gasteiger partial charge in [0, 0.05) is 43.4 Å².